The molecule has 1 aliphatic rings. The molecule has 16 heavy (non-hydrogen) atoms. The highest BCUT2D eigenvalue weighted by Crippen LogP contribution is 2.37. The van der Waals surface area contributed by atoms with Crippen LogP contribution in [0.5, 0.6) is 0 Å². The summed E-state index contributed by atoms with van der Waals surface area (Å²) in [7, 11) is -3.29. The average molecular weight is 249 g/mol. The van der Waals surface area contributed by atoms with Crippen LogP contribution in [0, 0.1) is 5.41 Å². The largest absolute Gasteiger partial charge is 0.396 e. The summed E-state index contributed by atoms with van der Waals surface area (Å²) < 4.78 is 25.6. The van der Waals surface area contributed by atoms with E-state index in [4.69, 9.17) is 0 Å². The Morgan fingerprint density at radius 3 is 2.12 bits per heavy atom. The summed E-state index contributed by atoms with van der Waals surface area (Å²) >= 11 is 0. The van der Waals surface area contributed by atoms with Crippen LogP contribution in [0.3, 0.4) is 0 Å². The summed E-state index contributed by atoms with van der Waals surface area (Å²) in [4.78, 5) is 0. The number of nitrogens with one attached hydrogen (secondary N) is 1. The molecule has 0 aromatic heterocycles. The minimum atomic E-state index is -3.29. The molecular formula is C11H23NO3S. The van der Waals surface area contributed by atoms with E-state index in [0.29, 0.717) is 6.54 Å². The number of aliphatic hydroxyl groups excluding tert-OH is 1. The minimum Gasteiger partial charge on any atom is -0.396 e. The van der Waals surface area contributed by atoms with E-state index in [9.17, 15) is 13.5 Å². The molecule has 0 unspecified atom stereocenters. The van der Waals surface area contributed by atoms with E-state index in [2.05, 4.69) is 4.72 Å². The van der Waals surface area contributed by atoms with E-state index in [-0.39, 0.29) is 12.0 Å². The Bertz CT molecular complexity index is 324. The fraction of sp³-hybridized carbons (Fsp3) is 1.00. The summed E-state index contributed by atoms with van der Waals surface area (Å²) in [6, 6.07) is 0. The zero-order chi connectivity index (χ0) is 12.4. The van der Waals surface area contributed by atoms with Crippen molar-refractivity contribution >= 4 is 10.0 Å². The van der Waals surface area contributed by atoms with E-state index in [0.717, 1.165) is 25.7 Å². The van der Waals surface area contributed by atoms with Crippen LogP contribution in [-0.2, 0) is 10.0 Å². The van der Waals surface area contributed by atoms with Gasteiger partial charge in [-0.2, -0.15) is 0 Å². The first-order valence-electron chi connectivity index (χ1n) is 5.83. The van der Waals surface area contributed by atoms with Gasteiger partial charge in [-0.25, -0.2) is 13.1 Å². The summed E-state index contributed by atoms with van der Waals surface area (Å²) in [5.74, 6) is 0. The smallest absolute Gasteiger partial charge is 0.216 e. The third-order valence-corrected chi connectivity index (χ3v) is 5.58. The Hall–Kier alpha value is -0.130. The first-order chi connectivity index (χ1) is 7.22. The monoisotopic (exact) mass is 249 g/mol. The van der Waals surface area contributed by atoms with Crippen LogP contribution in [0.15, 0.2) is 0 Å². The molecule has 1 rings (SSSR count). The number of hydrogen-bond acceptors (Lipinski definition) is 3. The van der Waals surface area contributed by atoms with Crippen LogP contribution in [-0.4, -0.2) is 31.4 Å². The number of aliphatic hydroxyl groups is 1. The molecule has 0 aliphatic heterocycles. The van der Waals surface area contributed by atoms with Crippen molar-refractivity contribution in [3.8, 4) is 0 Å². The van der Waals surface area contributed by atoms with Crippen LogP contribution in [0.2, 0.25) is 0 Å². The number of hydrogen-bond donors (Lipinski definition) is 2. The van der Waals surface area contributed by atoms with Gasteiger partial charge in [-0.05, 0) is 33.6 Å². The Labute approximate surface area is 98.5 Å². The molecule has 1 fully saturated rings. The van der Waals surface area contributed by atoms with Gasteiger partial charge in [0.1, 0.15) is 0 Å². The quantitative estimate of drug-likeness (QED) is 0.788. The highest BCUT2D eigenvalue weighted by atomic mass is 32.2. The lowest BCUT2D eigenvalue weighted by Crippen LogP contribution is -2.45. The van der Waals surface area contributed by atoms with Crippen molar-refractivity contribution in [2.24, 2.45) is 5.41 Å². The number of rotatable bonds is 4. The third kappa shape index (κ3) is 2.96. The van der Waals surface area contributed by atoms with Gasteiger partial charge in [-0.1, -0.05) is 12.8 Å². The minimum absolute atomic E-state index is 0.0691. The van der Waals surface area contributed by atoms with Gasteiger partial charge in [0, 0.05) is 18.6 Å². The molecule has 96 valence electrons. The molecule has 0 radical (unpaired) electrons. The predicted octanol–water partition coefficient (Wildman–Crippen LogP) is 1.26. The maximum Gasteiger partial charge on any atom is 0.216 e. The summed E-state index contributed by atoms with van der Waals surface area (Å²) in [5, 5.41) is 9.38. The van der Waals surface area contributed by atoms with E-state index in [1.54, 1.807) is 20.8 Å². The molecule has 1 aliphatic carbocycles. The fourth-order valence-corrected chi connectivity index (χ4v) is 2.91. The highest BCUT2D eigenvalue weighted by molar-refractivity contribution is 7.90. The molecule has 1 saturated carbocycles. The van der Waals surface area contributed by atoms with Crippen LogP contribution in [0.1, 0.15) is 46.5 Å². The molecular weight excluding hydrogens is 226 g/mol. The maximum absolute atomic E-state index is 11.9. The van der Waals surface area contributed by atoms with Crippen molar-refractivity contribution in [2.45, 2.75) is 51.2 Å². The van der Waals surface area contributed by atoms with Gasteiger partial charge >= 0.3 is 0 Å². The molecule has 0 amide bonds. The van der Waals surface area contributed by atoms with E-state index in [1.165, 1.54) is 0 Å². The molecule has 0 bridgehead atoms. The molecule has 2 N–H and O–H groups in total. The Morgan fingerprint density at radius 1 is 1.25 bits per heavy atom. The van der Waals surface area contributed by atoms with Crippen molar-refractivity contribution in [3.05, 3.63) is 0 Å². The van der Waals surface area contributed by atoms with E-state index in [1.807, 2.05) is 0 Å². The maximum atomic E-state index is 11.9. The average Bonchev–Trinajstić information content (AvgIpc) is 2.62. The van der Waals surface area contributed by atoms with Crippen molar-refractivity contribution < 1.29 is 13.5 Å². The topological polar surface area (TPSA) is 66.4 Å². The SMILES string of the molecule is CC(C)(C)S(=O)(=O)NCC1(CO)CCCC1. The van der Waals surface area contributed by atoms with Crippen molar-refractivity contribution in [1.29, 1.82) is 0 Å². The summed E-state index contributed by atoms with van der Waals surface area (Å²) in [6.45, 7) is 5.46. The molecule has 4 nitrogen and oxygen atoms in total. The van der Waals surface area contributed by atoms with Crippen molar-refractivity contribution in [3.63, 3.8) is 0 Å². The lowest BCUT2D eigenvalue weighted by Gasteiger charge is -2.29. The van der Waals surface area contributed by atoms with E-state index >= 15 is 0 Å². The zero-order valence-corrected chi connectivity index (χ0v) is 11.2. The van der Waals surface area contributed by atoms with Crippen LogP contribution >= 0.6 is 0 Å². The Balaban J connectivity index is 2.64. The molecule has 0 heterocycles. The van der Waals surface area contributed by atoms with Crippen LogP contribution in [0.25, 0.3) is 0 Å². The Morgan fingerprint density at radius 2 is 1.75 bits per heavy atom. The van der Waals surface area contributed by atoms with Gasteiger partial charge in [0.2, 0.25) is 10.0 Å². The molecule has 5 heteroatoms. The molecule has 0 spiro atoms. The molecule has 0 atom stereocenters. The first kappa shape index (κ1) is 13.9. The zero-order valence-electron chi connectivity index (χ0n) is 10.4. The normalized spacial score (nSPS) is 21.2. The second-order valence-electron chi connectivity index (χ2n) is 5.80. The van der Waals surface area contributed by atoms with Gasteiger partial charge in [-0.15, -0.1) is 0 Å². The third-order valence-electron chi connectivity index (χ3n) is 3.44. The summed E-state index contributed by atoms with van der Waals surface area (Å²) in [5.41, 5.74) is -0.224. The lowest BCUT2D eigenvalue weighted by atomic mass is 9.88. The summed E-state index contributed by atoms with van der Waals surface area (Å²) in [6.07, 6.45) is 3.99. The van der Waals surface area contributed by atoms with Gasteiger partial charge in [0.15, 0.2) is 0 Å². The first-order valence-corrected chi connectivity index (χ1v) is 7.31. The van der Waals surface area contributed by atoms with Gasteiger partial charge in [0.05, 0.1) is 4.75 Å². The van der Waals surface area contributed by atoms with E-state index < -0.39 is 14.8 Å². The second-order valence-corrected chi connectivity index (χ2v) is 8.32. The molecule has 0 saturated heterocycles. The van der Waals surface area contributed by atoms with Crippen molar-refractivity contribution in [2.75, 3.05) is 13.2 Å². The predicted molar refractivity (Wildman–Crippen MR) is 64.7 cm³/mol. The number of sulfonamides is 1. The second kappa shape index (κ2) is 4.63. The molecule has 0 aromatic carbocycles. The highest BCUT2D eigenvalue weighted by Gasteiger charge is 2.36. The van der Waals surface area contributed by atoms with Crippen LogP contribution in [0.4, 0.5) is 0 Å². The van der Waals surface area contributed by atoms with Gasteiger partial charge < -0.3 is 5.11 Å². The molecule has 0 aromatic rings. The van der Waals surface area contributed by atoms with Crippen LogP contribution < -0.4 is 4.72 Å². The standard InChI is InChI=1S/C11H23NO3S/c1-10(2,3)16(14,15)12-8-11(9-13)6-4-5-7-11/h12-13H,4-9H2,1-3H3. The fourth-order valence-electron chi connectivity index (χ4n) is 1.98. The Kier molecular flexibility index (Phi) is 4.03. The lowest BCUT2D eigenvalue weighted by molar-refractivity contribution is 0.134. The van der Waals surface area contributed by atoms with Crippen molar-refractivity contribution in [1.82, 2.24) is 4.72 Å². The van der Waals surface area contributed by atoms with Gasteiger partial charge in [-0.3, -0.25) is 0 Å². The van der Waals surface area contributed by atoms with Gasteiger partial charge in [0.25, 0.3) is 0 Å².